The van der Waals surface area contributed by atoms with Gasteiger partial charge in [-0.1, -0.05) is 84.4 Å². The molecular weight excluding hydrogens is 456 g/mol. The Morgan fingerprint density at radius 1 is 0.714 bits per heavy atom. The third kappa shape index (κ3) is 5.61. The first-order chi connectivity index (χ1) is 16.7. The Hall–Kier alpha value is -3.90. The second kappa shape index (κ2) is 10.2. The normalized spacial score (nSPS) is 12.1. The highest BCUT2D eigenvalue weighted by atomic mass is 32.2. The van der Waals surface area contributed by atoms with Crippen molar-refractivity contribution in [1.82, 2.24) is 5.32 Å². The number of amides is 1. The van der Waals surface area contributed by atoms with Crippen LogP contribution in [0.5, 0.6) is 0 Å². The molecule has 0 bridgehead atoms. The fraction of sp³-hybridized carbons (Fsp3) is 0.138. The van der Waals surface area contributed by atoms with Crippen molar-refractivity contribution in [3.8, 4) is 0 Å². The van der Waals surface area contributed by atoms with Gasteiger partial charge in [0.05, 0.1) is 16.6 Å². The number of carbonyl (C=O) groups is 1. The lowest BCUT2D eigenvalue weighted by Gasteiger charge is -2.21. The van der Waals surface area contributed by atoms with E-state index < -0.39 is 10.0 Å². The van der Waals surface area contributed by atoms with Crippen molar-refractivity contribution in [2.75, 3.05) is 4.72 Å². The van der Waals surface area contributed by atoms with Crippen LogP contribution in [0.25, 0.3) is 0 Å². The Bertz CT molecular complexity index is 1450. The van der Waals surface area contributed by atoms with Crippen LogP contribution in [0.4, 0.5) is 5.69 Å². The number of sulfonamides is 1. The number of benzene rings is 4. The summed E-state index contributed by atoms with van der Waals surface area (Å²) in [5, 5.41) is 3.09. The van der Waals surface area contributed by atoms with Crippen LogP contribution >= 0.6 is 0 Å². The van der Waals surface area contributed by atoms with Gasteiger partial charge in [-0.05, 0) is 61.2 Å². The van der Waals surface area contributed by atoms with Crippen LogP contribution < -0.4 is 10.0 Å². The number of hydrogen-bond donors (Lipinski definition) is 2. The zero-order valence-electron chi connectivity index (χ0n) is 19.9. The molecule has 5 nitrogen and oxygen atoms in total. The second-order valence-electron chi connectivity index (χ2n) is 8.63. The van der Waals surface area contributed by atoms with E-state index in [-0.39, 0.29) is 22.4 Å². The van der Waals surface area contributed by atoms with Gasteiger partial charge in [0, 0.05) is 5.56 Å². The van der Waals surface area contributed by atoms with Crippen LogP contribution in [-0.4, -0.2) is 14.3 Å². The molecule has 4 aromatic rings. The fourth-order valence-electron chi connectivity index (χ4n) is 3.90. The van der Waals surface area contributed by atoms with E-state index >= 15 is 0 Å². The first-order valence-electron chi connectivity index (χ1n) is 11.4. The van der Waals surface area contributed by atoms with Gasteiger partial charge in [0.15, 0.2) is 0 Å². The Morgan fingerprint density at radius 3 is 2.03 bits per heavy atom. The summed E-state index contributed by atoms with van der Waals surface area (Å²) in [5.41, 5.74) is 5.15. The lowest BCUT2D eigenvalue weighted by Crippen LogP contribution is -2.29. The molecule has 6 heteroatoms. The molecule has 0 saturated carbocycles. The molecule has 0 aromatic heterocycles. The predicted octanol–water partition coefficient (Wildman–Crippen LogP) is 5.93. The van der Waals surface area contributed by atoms with Crippen LogP contribution in [0, 0.1) is 20.8 Å². The van der Waals surface area contributed by atoms with Crippen molar-refractivity contribution in [3.63, 3.8) is 0 Å². The minimum Gasteiger partial charge on any atom is -0.341 e. The average Bonchev–Trinajstić information content (AvgIpc) is 2.85. The van der Waals surface area contributed by atoms with Crippen LogP contribution in [-0.2, 0) is 10.0 Å². The molecule has 4 aromatic carbocycles. The third-order valence-corrected chi connectivity index (χ3v) is 7.46. The summed E-state index contributed by atoms with van der Waals surface area (Å²) in [7, 11) is -3.89. The zero-order chi connectivity index (χ0) is 25.0. The van der Waals surface area contributed by atoms with Gasteiger partial charge in [0.25, 0.3) is 15.9 Å². The molecule has 0 radical (unpaired) electrons. The summed E-state index contributed by atoms with van der Waals surface area (Å²) < 4.78 is 29.1. The van der Waals surface area contributed by atoms with Crippen molar-refractivity contribution in [2.24, 2.45) is 0 Å². The molecule has 0 heterocycles. The maximum atomic E-state index is 13.3. The molecule has 4 rings (SSSR count). The number of para-hydroxylation sites is 1. The van der Waals surface area contributed by atoms with E-state index in [1.54, 1.807) is 31.2 Å². The molecular formula is C29H28N2O3S. The summed E-state index contributed by atoms with van der Waals surface area (Å²) in [6.45, 7) is 5.57. The molecule has 0 aliphatic rings. The summed E-state index contributed by atoms with van der Waals surface area (Å²) in [6, 6.07) is 29.2. The van der Waals surface area contributed by atoms with Crippen molar-refractivity contribution in [3.05, 3.63) is 130 Å². The molecule has 2 N–H and O–H groups in total. The Kier molecular flexibility index (Phi) is 7.03. The zero-order valence-corrected chi connectivity index (χ0v) is 20.8. The van der Waals surface area contributed by atoms with Crippen LogP contribution in [0.3, 0.4) is 0 Å². The highest BCUT2D eigenvalue weighted by Gasteiger charge is 2.22. The monoisotopic (exact) mass is 484 g/mol. The van der Waals surface area contributed by atoms with Gasteiger partial charge in [0.1, 0.15) is 0 Å². The van der Waals surface area contributed by atoms with Gasteiger partial charge in [-0.15, -0.1) is 0 Å². The van der Waals surface area contributed by atoms with E-state index in [9.17, 15) is 13.2 Å². The van der Waals surface area contributed by atoms with Gasteiger partial charge in [-0.25, -0.2) is 8.42 Å². The Balaban J connectivity index is 1.65. The topological polar surface area (TPSA) is 75.3 Å². The van der Waals surface area contributed by atoms with Gasteiger partial charge in [-0.3, -0.25) is 9.52 Å². The van der Waals surface area contributed by atoms with Crippen LogP contribution in [0.15, 0.2) is 102 Å². The van der Waals surface area contributed by atoms with Crippen molar-refractivity contribution in [1.29, 1.82) is 0 Å². The molecule has 0 fully saturated rings. The number of aryl methyl sites for hydroxylation is 3. The first kappa shape index (κ1) is 24.2. The summed E-state index contributed by atoms with van der Waals surface area (Å²) >= 11 is 0. The van der Waals surface area contributed by atoms with Gasteiger partial charge in [-0.2, -0.15) is 0 Å². The summed E-state index contributed by atoms with van der Waals surface area (Å²) in [6.07, 6.45) is 0. The van der Waals surface area contributed by atoms with Crippen LogP contribution in [0.2, 0.25) is 0 Å². The summed E-state index contributed by atoms with van der Waals surface area (Å²) in [5.74, 6) is -0.355. The highest BCUT2D eigenvalue weighted by molar-refractivity contribution is 7.92. The lowest BCUT2D eigenvalue weighted by atomic mass is 9.97. The quantitative estimate of drug-likeness (QED) is 0.341. The Morgan fingerprint density at radius 2 is 1.34 bits per heavy atom. The molecule has 0 aliphatic heterocycles. The van der Waals surface area contributed by atoms with Crippen molar-refractivity contribution in [2.45, 2.75) is 31.7 Å². The standard InChI is InChI=1S/C29H28N2O3S/c1-20-13-16-24(17-14-20)28(23-10-5-4-6-11-23)30-29(32)25-18-15-22(3)27(19-25)35(33,34)31-26-12-8-7-9-21(26)2/h4-19,28,31H,1-3H3,(H,30,32)/t28-/m0/s1. The highest BCUT2D eigenvalue weighted by Crippen LogP contribution is 2.25. The Labute approximate surface area is 206 Å². The average molecular weight is 485 g/mol. The SMILES string of the molecule is Cc1ccc([C@@H](NC(=O)c2ccc(C)c(S(=O)(=O)Nc3ccccc3C)c2)c2ccccc2)cc1. The number of nitrogens with one attached hydrogen (secondary N) is 2. The first-order valence-corrected chi connectivity index (χ1v) is 12.8. The second-order valence-corrected chi connectivity index (χ2v) is 10.3. The molecule has 35 heavy (non-hydrogen) atoms. The number of hydrogen-bond acceptors (Lipinski definition) is 3. The van der Waals surface area contributed by atoms with E-state index in [2.05, 4.69) is 10.0 Å². The van der Waals surface area contributed by atoms with Crippen molar-refractivity contribution >= 4 is 21.6 Å². The number of rotatable bonds is 7. The number of anilines is 1. The maximum absolute atomic E-state index is 13.3. The molecule has 178 valence electrons. The van der Waals surface area contributed by atoms with E-state index in [0.29, 0.717) is 11.3 Å². The minimum absolute atomic E-state index is 0.0694. The minimum atomic E-state index is -3.89. The van der Waals surface area contributed by atoms with E-state index in [1.165, 1.54) is 6.07 Å². The van der Waals surface area contributed by atoms with Gasteiger partial charge >= 0.3 is 0 Å². The molecule has 0 saturated heterocycles. The van der Waals surface area contributed by atoms with Crippen LogP contribution in [0.1, 0.15) is 44.2 Å². The maximum Gasteiger partial charge on any atom is 0.262 e. The predicted molar refractivity (Wildman–Crippen MR) is 140 cm³/mol. The molecule has 0 unspecified atom stereocenters. The molecule has 1 amide bonds. The largest absolute Gasteiger partial charge is 0.341 e. The lowest BCUT2D eigenvalue weighted by molar-refractivity contribution is 0.0942. The van der Waals surface area contributed by atoms with E-state index in [4.69, 9.17) is 0 Å². The van der Waals surface area contributed by atoms with E-state index in [1.807, 2.05) is 80.6 Å². The van der Waals surface area contributed by atoms with E-state index in [0.717, 1.165) is 22.3 Å². The van der Waals surface area contributed by atoms with Crippen molar-refractivity contribution < 1.29 is 13.2 Å². The molecule has 1 atom stereocenters. The van der Waals surface area contributed by atoms with Gasteiger partial charge < -0.3 is 5.32 Å². The van der Waals surface area contributed by atoms with Gasteiger partial charge in [0.2, 0.25) is 0 Å². The molecule has 0 aliphatic carbocycles. The smallest absolute Gasteiger partial charge is 0.262 e. The molecule has 0 spiro atoms. The third-order valence-electron chi connectivity index (χ3n) is 5.95. The number of carbonyl (C=O) groups excluding carboxylic acids is 1. The fourth-order valence-corrected chi connectivity index (χ4v) is 5.30. The summed E-state index contributed by atoms with van der Waals surface area (Å²) in [4.78, 5) is 13.4.